The van der Waals surface area contributed by atoms with E-state index in [2.05, 4.69) is 10.6 Å². The third-order valence-electron chi connectivity index (χ3n) is 7.87. The van der Waals surface area contributed by atoms with E-state index in [0.29, 0.717) is 0 Å². The smallest absolute Gasteiger partial charge is 0.364 e. The van der Waals surface area contributed by atoms with E-state index in [1.54, 1.807) is 0 Å². The number of ether oxygens (including phenoxy) is 5. The van der Waals surface area contributed by atoms with Crippen LogP contribution in [0.25, 0.3) is 0 Å². The SMILES string of the molecule is CC(=O)N[C@@H]1[C@@H](O[C@@H]2O[C@H](CO)[C@H](O)[C@H](O[C@]3(C(=O)O)C[C@H](O)[C@@H](NC(C)=O)[C@H]([C@H](O)[C@@H](O)CO)O3)[C@H]2O)[C@@H](O)[C@@H](CO)O[C@H]1O. The van der Waals surface area contributed by atoms with E-state index in [-0.39, 0.29) is 0 Å². The van der Waals surface area contributed by atoms with Gasteiger partial charge < -0.3 is 90.5 Å². The average molecular weight is 675 g/mol. The van der Waals surface area contributed by atoms with Gasteiger partial charge in [-0.15, -0.1) is 0 Å². The van der Waals surface area contributed by atoms with Crippen LogP contribution in [0.2, 0.25) is 0 Å². The zero-order valence-corrected chi connectivity index (χ0v) is 24.7. The number of rotatable bonds is 12. The lowest BCUT2D eigenvalue weighted by Gasteiger charge is -2.50. The molecule has 0 aliphatic carbocycles. The summed E-state index contributed by atoms with van der Waals surface area (Å²) in [6.45, 7) is -0.777. The summed E-state index contributed by atoms with van der Waals surface area (Å²) < 4.78 is 27.3. The Balaban J connectivity index is 1.98. The summed E-state index contributed by atoms with van der Waals surface area (Å²) >= 11 is 0. The zero-order valence-electron chi connectivity index (χ0n) is 24.7. The molecule has 0 aromatic rings. The number of hydrogen-bond donors (Lipinski definition) is 13. The molecule has 3 saturated heterocycles. The zero-order chi connectivity index (χ0) is 34.7. The third kappa shape index (κ3) is 8.08. The fourth-order valence-corrected chi connectivity index (χ4v) is 5.56. The topological polar surface area (TPSA) is 344 Å². The average Bonchev–Trinajstić information content (AvgIpc) is 2.99. The van der Waals surface area contributed by atoms with Crippen molar-refractivity contribution >= 4 is 17.8 Å². The Morgan fingerprint density at radius 1 is 0.848 bits per heavy atom. The standard InChI is InChI=1S/C25H42N2O19/c1-7(31)26-13-9(33)3-25(24(40)41,45-20(13)15(35)10(34)4-28)46-21-17(37)12(6-30)43-23(18(21)38)44-19-14(27-8(2)32)22(39)42-11(5-29)16(19)36/h9-23,28-30,33-39H,3-6H2,1-2H3,(H,26,31)(H,27,32)(H,40,41)/t9-,10-,11+,12+,13+,14+,15+,16-,17-,18+,19+,20+,21-,22+,23-,25-/m0/s1. The summed E-state index contributed by atoms with van der Waals surface area (Å²) in [6.07, 6.45) is -25.8. The van der Waals surface area contributed by atoms with Crippen LogP contribution in [0.4, 0.5) is 0 Å². The molecule has 3 fully saturated rings. The van der Waals surface area contributed by atoms with Crippen molar-refractivity contribution in [3.05, 3.63) is 0 Å². The van der Waals surface area contributed by atoms with E-state index in [1.807, 2.05) is 0 Å². The first-order valence-electron chi connectivity index (χ1n) is 14.2. The molecule has 0 unspecified atom stereocenters. The Labute approximate surface area is 260 Å². The minimum atomic E-state index is -3.04. The van der Waals surface area contributed by atoms with Crippen molar-refractivity contribution in [1.29, 1.82) is 0 Å². The molecule has 0 aromatic heterocycles. The monoisotopic (exact) mass is 674 g/mol. The van der Waals surface area contributed by atoms with E-state index < -0.39 is 142 Å². The van der Waals surface area contributed by atoms with Gasteiger partial charge >= 0.3 is 5.97 Å². The number of amides is 2. The van der Waals surface area contributed by atoms with Gasteiger partial charge in [-0.3, -0.25) is 9.59 Å². The Bertz CT molecular complexity index is 1050. The summed E-state index contributed by atoms with van der Waals surface area (Å²) in [5.74, 6) is -6.50. The molecule has 21 heteroatoms. The second-order valence-electron chi connectivity index (χ2n) is 11.2. The predicted octanol–water partition coefficient (Wildman–Crippen LogP) is -8.08. The number of aliphatic hydroxyl groups excluding tert-OH is 10. The fourth-order valence-electron chi connectivity index (χ4n) is 5.56. The van der Waals surface area contributed by atoms with Gasteiger partial charge in [0.2, 0.25) is 11.8 Å². The quantitative estimate of drug-likeness (QED) is 0.0913. The number of carboxylic acid groups (broad SMARTS) is 1. The highest BCUT2D eigenvalue weighted by Gasteiger charge is 2.60. The van der Waals surface area contributed by atoms with Crippen molar-refractivity contribution in [3.63, 3.8) is 0 Å². The van der Waals surface area contributed by atoms with Crippen molar-refractivity contribution in [2.75, 3.05) is 19.8 Å². The van der Waals surface area contributed by atoms with Crippen LogP contribution in [-0.4, -0.2) is 191 Å². The third-order valence-corrected chi connectivity index (χ3v) is 7.87. The molecule has 3 heterocycles. The summed E-state index contributed by atoms with van der Waals surface area (Å²) in [5, 5.41) is 118. The molecule has 13 N–H and O–H groups in total. The molecule has 0 saturated carbocycles. The van der Waals surface area contributed by atoms with Gasteiger partial charge in [-0.05, 0) is 0 Å². The van der Waals surface area contributed by atoms with Gasteiger partial charge in [0.1, 0.15) is 67.1 Å². The maximum Gasteiger partial charge on any atom is 0.364 e. The summed E-state index contributed by atoms with van der Waals surface area (Å²) in [5.41, 5.74) is 0. The van der Waals surface area contributed by atoms with Gasteiger partial charge in [0, 0.05) is 20.3 Å². The maximum absolute atomic E-state index is 12.6. The molecule has 0 radical (unpaired) electrons. The van der Waals surface area contributed by atoms with Crippen LogP contribution in [0.15, 0.2) is 0 Å². The van der Waals surface area contributed by atoms with E-state index in [4.69, 9.17) is 23.7 Å². The molecule has 3 aliphatic heterocycles. The van der Waals surface area contributed by atoms with Crippen molar-refractivity contribution in [1.82, 2.24) is 10.6 Å². The molecule has 2 amide bonds. The normalized spacial score (nSPS) is 42.9. The van der Waals surface area contributed by atoms with E-state index in [1.165, 1.54) is 0 Å². The molecular formula is C25H42N2O19. The largest absolute Gasteiger partial charge is 0.477 e. The van der Waals surface area contributed by atoms with Crippen molar-refractivity contribution < 1.29 is 94.2 Å². The van der Waals surface area contributed by atoms with Crippen molar-refractivity contribution in [2.45, 2.75) is 118 Å². The summed E-state index contributed by atoms with van der Waals surface area (Å²) in [6, 6.07) is -3.08. The second kappa shape index (κ2) is 15.8. The van der Waals surface area contributed by atoms with Gasteiger partial charge in [0.15, 0.2) is 12.6 Å². The summed E-state index contributed by atoms with van der Waals surface area (Å²) in [7, 11) is 0. The highest BCUT2D eigenvalue weighted by molar-refractivity contribution is 5.76. The lowest BCUT2D eigenvalue weighted by Crippen LogP contribution is -2.71. The predicted molar refractivity (Wildman–Crippen MR) is 142 cm³/mol. The summed E-state index contributed by atoms with van der Waals surface area (Å²) in [4.78, 5) is 36.2. The van der Waals surface area contributed by atoms with Gasteiger partial charge in [-0.25, -0.2) is 4.79 Å². The van der Waals surface area contributed by atoms with Gasteiger partial charge in [0.25, 0.3) is 5.79 Å². The number of aliphatic carboxylic acids is 1. The number of carbonyl (C=O) groups excluding carboxylic acids is 2. The minimum absolute atomic E-state index is 0.720. The first-order valence-corrected chi connectivity index (χ1v) is 14.2. The number of aliphatic hydroxyl groups is 10. The van der Waals surface area contributed by atoms with Crippen LogP contribution in [0.5, 0.6) is 0 Å². The molecular weight excluding hydrogens is 632 g/mol. The molecule has 16 atom stereocenters. The number of carbonyl (C=O) groups is 3. The Morgan fingerprint density at radius 3 is 1.91 bits per heavy atom. The van der Waals surface area contributed by atoms with Crippen LogP contribution >= 0.6 is 0 Å². The fraction of sp³-hybridized carbons (Fsp3) is 0.880. The van der Waals surface area contributed by atoms with Crippen LogP contribution in [0.1, 0.15) is 20.3 Å². The van der Waals surface area contributed by atoms with E-state index >= 15 is 0 Å². The van der Waals surface area contributed by atoms with Crippen LogP contribution < -0.4 is 10.6 Å². The molecule has 3 rings (SSSR count). The van der Waals surface area contributed by atoms with Crippen molar-refractivity contribution in [3.8, 4) is 0 Å². The van der Waals surface area contributed by atoms with Crippen LogP contribution in [-0.2, 0) is 38.1 Å². The molecule has 3 aliphatic rings. The Kier molecular flexibility index (Phi) is 13.1. The lowest BCUT2D eigenvalue weighted by atomic mass is 9.88. The first kappa shape index (κ1) is 38.3. The maximum atomic E-state index is 12.6. The molecule has 21 nitrogen and oxygen atoms in total. The van der Waals surface area contributed by atoms with Crippen molar-refractivity contribution in [2.24, 2.45) is 0 Å². The van der Waals surface area contributed by atoms with Crippen LogP contribution in [0.3, 0.4) is 0 Å². The lowest BCUT2D eigenvalue weighted by molar-refractivity contribution is -0.380. The Hall–Kier alpha value is -2.19. The van der Waals surface area contributed by atoms with Gasteiger partial charge in [-0.1, -0.05) is 0 Å². The molecule has 46 heavy (non-hydrogen) atoms. The van der Waals surface area contributed by atoms with Gasteiger partial charge in [0.05, 0.1) is 32.0 Å². The van der Waals surface area contributed by atoms with Gasteiger partial charge in [-0.2, -0.15) is 0 Å². The minimum Gasteiger partial charge on any atom is -0.477 e. The number of hydrogen-bond acceptors (Lipinski definition) is 18. The number of carboxylic acids is 1. The molecule has 266 valence electrons. The highest BCUT2D eigenvalue weighted by Crippen LogP contribution is 2.38. The van der Waals surface area contributed by atoms with E-state index in [0.717, 1.165) is 13.8 Å². The molecule has 0 bridgehead atoms. The molecule has 0 aromatic carbocycles. The first-order chi connectivity index (χ1) is 21.5. The highest BCUT2D eigenvalue weighted by atomic mass is 16.8. The van der Waals surface area contributed by atoms with E-state index in [9.17, 15) is 70.6 Å². The Morgan fingerprint density at radius 2 is 1.39 bits per heavy atom. The number of nitrogens with one attached hydrogen (secondary N) is 2. The molecule has 0 spiro atoms. The van der Waals surface area contributed by atoms with Crippen LogP contribution in [0, 0.1) is 0 Å². The second-order valence-corrected chi connectivity index (χ2v) is 11.2.